The molecule has 0 aromatic heterocycles. The van der Waals surface area contributed by atoms with Crippen LogP contribution in [0.15, 0.2) is 24.3 Å². The van der Waals surface area contributed by atoms with E-state index in [-0.39, 0.29) is 0 Å². The first-order chi connectivity index (χ1) is 7.25. The summed E-state index contributed by atoms with van der Waals surface area (Å²) < 4.78 is 5.63. The van der Waals surface area contributed by atoms with Crippen molar-refractivity contribution in [3.63, 3.8) is 0 Å². The van der Waals surface area contributed by atoms with Crippen LogP contribution in [0.5, 0.6) is 5.75 Å². The number of hydrogen-bond donors (Lipinski definition) is 1. The zero-order chi connectivity index (χ0) is 11.1. The molecule has 0 saturated heterocycles. The van der Waals surface area contributed by atoms with Gasteiger partial charge in [-0.15, -0.1) is 0 Å². The van der Waals surface area contributed by atoms with Crippen LogP contribution in [0.3, 0.4) is 0 Å². The summed E-state index contributed by atoms with van der Waals surface area (Å²) in [6.07, 6.45) is 3.46. The van der Waals surface area contributed by atoms with Gasteiger partial charge in [-0.2, -0.15) is 0 Å². The van der Waals surface area contributed by atoms with Gasteiger partial charge in [-0.25, -0.2) is 0 Å². The van der Waals surface area contributed by atoms with Gasteiger partial charge in [0, 0.05) is 0 Å². The molecule has 0 spiro atoms. The van der Waals surface area contributed by atoms with Crippen LogP contribution in [0.25, 0.3) is 0 Å². The molecule has 1 aromatic carbocycles. The van der Waals surface area contributed by atoms with Crippen molar-refractivity contribution in [2.75, 3.05) is 6.61 Å². The molecule has 0 radical (unpaired) electrons. The molecule has 0 amide bonds. The Labute approximate surface area is 96.4 Å². The second kappa shape index (κ2) is 6.40. The third-order valence-corrected chi connectivity index (χ3v) is 2.38. The number of rotatable bonds is 6. The second-order valence-corrected chi connectivity index (χ2v) is 3.86. The van der Waals surface area contributed by atoms with Gasteiger partial charge >= 0.3 is 0 Å². The Morgan fingerprint density at radius 2 is 2.07 bits per heavy atom. The van der Waals surface area contributed by atoms with Crippen LogP contribution in [-0.4, -0.2) is 11.6 Å². The Morgan fingerprint density at radius 1 is 1.33 bits per heavy atom. The highest BCUT2D eigenvalue weighted by Gasteiger charge is 2.04. The summed E-state index contributed by atoms with van der Waals surface area (Å²) in [5.74, 6) is 0.793. The Hall–Kier alpha value is -1.09. The van der Waals surface area contributed by atoms with Gasteiger partial charge < -0.3 is 10.5 Å². The highest BCUT2D eigenvalue weighted by molar-refractivity contribution is 7.80. The number of benzene rings is 1. The first-order valence-corrected chi connectivity index (χ1v) is 5.68. The van der Waals surface area contributed by atoms with E-state index < -0.39 is 0 Å². The fourth-order valence-corrected chi connectivity index (χ4v) is 1.50. The maximum Gasteiger partial charge on any atom is 0.129 e. The van der Waals surface area contributed by atoms with E-state index in [0.29, 0.717) is 4.99 Å². The zero-order valence-electron chi connectivity index (χ0n) is 9.03. The maximum absolute atomic E-state index is 5.63. The molecule has 2 N–H and O–H groups in total. The summed E-state index contributed by atoms with van der Waals surface area (Å²) in [6, 6.07) is 7.63. The van der Waals surface area contributed by atoms with Crippen LogP contribution in [0.2, 0.25) is 0 Å². The Morgan fingerprint density at radius 3 is 2.73 bits per heavy atom. The van der Waals surface area contributed by atoms with Crippen molar-refractivity contribution in [1.82, 2.24) is 0 Å². The van der Waals surface area contributed by atoms with Crippen LogP contribution >= 0.6 is 12.2 Å². The molecule has 0 fully saturated rings. The predicted molar refractivity (Wildman–Crippen MR) is 67.3 cm³/mol. The van der Waals surface area contributed by atoms with Crippen LogP contribution < -0.4 is 10.5 Å². The van der Waals surface area contributed by atoms with Gasteiger partial charge in [0.25, 0.3) is 0 Å². The van der Waals surface area contributed by atoms with Crippen LogP contribution in [0, 0.1) is 0 Å². The first-order valence-electron chi connectivity index (χ1n) is 5.27. The molecule has 1 rings (SSSR count). The lowest BCUT2D eigenvalue weighted by atomic mass is 10.2. The summed E-state index contributed by atoms with van der Waals surface area (Å²) in [5.41, 5.74) is 6.42. The molecule has 0 unspecified atom stereocenters. The molecule has 0 saturated carbocycles. The molecule has 0 aliphatic heterocycles. The number of hydrogen-bond acceptors (Lipinski definition) is 2. The monoisotopic (exact) mass is 223 g/mol. The molecule has 0 heterocycles. The summed E-state index contributed by atoms with van der Waals surface area (Å²) >= 11 is 4.95. The van der Waals surface area contributed by atoms with Gasteiger partial charge in [0.05, 0.1) is 12.2 Å². The maximum atomic E-state index is 5.63. The highest BCUT2D eigenvalue weighted by atomic mass is 32.1. The van der Waals surface area contributed by atoms with Gasteiger partial charge in [-0.3, -0.25) is 0 Å². The van der Waals surface area contributed by atoms with Crippen molar-refractivity contribution in [2.24, 2.45) is 5.73 Å². The minimum Gasteiger partial charge on any atom is -0.493 e. The Bertz CT molecular complexity index is 325. The number of unbranched alkanes of at least 4 members (excludes halogenated alkanes) is 2. The molecule has 82 valence electrons. The van der Waals surface area contributed by atoms with E-state index >= 15 is 0 Å². The van der Waals surface area contributed by atoms with Crippen LogP contribution in [0.1, 0.15) is 31.7 Å². The quantitative estimate of drug-likeness (QED) is 0.595. The fraction of sp³-hybridized carbons (Fsp3) is 0.417. The van der Waals surface area contributed by atoms with E-state index in [2.05, 4.69) is 6.92 Å². The van der Waals surface area contributed by atoms with Gasteiger partial charge in [0.1, 0.15) is 10.7 Å². The van der Waals surface area contributed by atoms with E-state index in [1.807, 2.05) is 24.3 Å². The molecule has 0 aliphatic rings. The van der Waals surface area contributed by atoms with Gasteiger partial charge in [0.15, 0.2) is 0 Å². The molecule has 1 aromatic rings. The van der Waals surface area contributed by atoms with E-state index in [0.717, 1.165) is 24.3 Å². The third kappa shape index (κ3) is 3.88. The number of para-hydroxylation sites is 1. The van der Waals surface area contributed by atoms with E-state index in [1.165, 1.54) is 12.8 Å². The first kappa shape index (κ1) is 12.0. The van der Waals surface area contributed by atoms with Gasteiger partial charge in [0.2, 0.25) is 0 Å². The molecule has 0 aliphatic carbocycles. The molecule has 15 heavy (non-hydrogen) atoms. The molecule has 0 bridgehead atoms. The summed E-state index contributed by atoms with van der Waals surface area (Å²) in [4.78, 5) is 0.390. The normalized spacial score (nSPS) is 9.93. The third-order valence-electron chi connectivity index (χ3n) is 2.16. The Kier molecular flexibility index (Phi) is 5.12. The standard InChI is InChI=1S/C12H17NOS/c1-2-3-6-9-14-11-8-5-4-7-10(11)12(13)15/h4-5,7-8H,2-3,6,9H2,1H3,(H2,13,15). The Balaban J connectivity index is 2.56. The fourth-order valence-electron chi connectivity index (χ4n) is 1.33. The SMILES string of the molecule is CCCCCOc1ccccc1C(N)=S. The minimum atomic E-state index is 0.390. The summed E-state index contributed by atoms with van der Waals surface area (Å²) in [7, 11) is 0. The van der Waals surface area contributed by atoms with E-state index in [4.69, 9.17) is 22.7 Å². The van der Waals surface area contributed by atoms with Gasteiger partial charge in [-0.05, 0) is 18.6 Å². The molecular weight excluding hydrogens is 206 g/mol. The number of nitrogens with two attached hydrogens (primary N) is 1. The number of ether oxygens (including phenoxy) is 1. The van der Waals surface area contributed by atoms with Crippen molar-refractivity contribution < 1.29 is 4.74 Å². The zero-order valence-corrected chi connectivity index (χ0v) is 9.85. The van der Waals surface area contributed by atoms with Crippen LogP contribution in [0.4, 0.5) is 0 Å². The van der Waals surface area contributed by atoms with E-state index in [9.17, 15) is 0 Å². The second-order valence-electron chi connectivity index (χ2n) is 3.42. The summed E-state index contributed by atoms with van der Waals surface area (Å²) in [5, 5.41) is 0. The lowest BCUT2D eigenvalue weighted by molar-refractivity contribution is 0.306. The minimum absolute atomic E-state index is 0.390. The highest BCUT2D eigenvalue weighted by Crippen LogP contribution is 2.17. The van der Waals surface area contributed by atoms with Crippen molar-refractivity contribution >= 4 is 17.2 Å². The predicted octanol–water partition coefficient (Wildman–Crippen LogP) is 2.89. The van der Waals surface area contributed by atoms with Crippen molar-refractivity contribution in [3.8, 4) is 5.75 Å². The lowest BCUT2D eigenvalue weighted by Gasteiger charge is -2.09. The topological polar surface area (TPSA) is 35.2 Å². The number of thiocarbonyl (C=S) groups is 1. The van der Waals surface area contributed by atoms with Crippen LogP contribution in [-0.2, 0) is 0 Å². The summed E-state index contributed by atoms with van der Waals surface area (Å²) in [6.45, 7) is 2.90. The average Bonchev–Trinajstić information content (AvgIpc) is 2.25. The van der Waals surface area contributed by atoms with E-state index in [1.54, 1.807) is 0 Å². The van der Waals surface area contributed by atoms with Crippen molar-refractivity contribution in [3.05, 3.63) is 29.8 Å². The molecule has 0 atom stereocenters. The smallest absolute Gasteiger partial charge is 0.129 e. The average molecular weight is 223 g/mol. The largest absolute Gasteiger partial charge is 0.493 e. The van der Waals surface area contributed by atoms with Crippen molar-refractivity contribution in [2.45, 2.75) is 26.2 Å². The molecule has 2 nitrogen and oxygen atoms in total. The molecule has 3 heteroatoms. The molecular formula is C12H17NOS. The lowest BCUT2D eigenvalue weighted by Crippen LogP contribution is -2.11. The van der Waals surface area contributed by atoms with Gasteiger partial charge in [-0.1, -0.05) is 44.1 Å². The van der Waals surface area contributed by atoms with Crippen molar-refractivity contribution in [1.29, 1.82) is 0 Å².